The summed E-state index contributed by atoms with van der Waals surface area (Å²) in [5, 5.41) is 7.63. The van der Waals surface area contributed by atoms with Crippen LogP contribution in [0.5, 0.6) is 11.5 Å². The van der Waals surface area contributed by atoms with E-state index in [1.165, 1.54) is 0 Å². The van der Waals surface area contributed by atoms with Crippen molar-refractivity contribution in [1.29, 1.82) is 0 Å². The summed E-state index contributed by atoms with van der Waals surface area (Å²) in [6.07, 6.45) is 5.78. The summed E-state index contributed by atoms with van der Waals surface area (Å²) in [7, 11) is 1.65. The quantitative estimate of drug-likeness (QED) is 0.356. The number of aromatic nitrogens is 3. The number of para-hydroxylation sites is 1. The summed E-state index contributed by atoms with van der Waals surface area (Å²) >= 11 is 0. The number of ether oxygens (including phenoxy) is 3. The molecule has 1 aliphatic heterocycles. The molecule has 0 amide bonds. The highest BCUT2D eigenvalue weighted by atomic mass is 16.5. The van der Waals surface area contributed by atoms with E-state index in [0.29, 0.717) is 23.6 Å². The second-order valence-electron chi connectivity index (χ2n) is 9.31. The third-order valence-corrected chi connectivity index (χ3v) is 6.86. The number of nitrogens with one attached hydrogen (secondary N) is 2. The van der Waals surface area contributed by atoms with Gasteiger partial charge >= 0.3 is 0 Å². The first-order valence-corrected chi connectivity index (χ1v) is 12.6. The van der Waals surface area contributed by atoms with Gasteiger partial charge in [0.15, 0.2) is 11.5 Å². The van der Waals surface area contributed by atoms with Crippen molar-refractivity contribution < 1.29 is 14.2 Å². The molecule has 2 aromatic carbocycles. The first kappa shape index (κ1) is 23.4. The van der Waals surface area contributed by atoms with E-state index in [9.17, 15) is 0 Å². The zero-order valence-corrected chi connectivity index (χ0v) is 20.8. The summed E-state index contributed by atoms with van der Waals surface area (Å²) in [6.45, 7) is 3.68. The van der Waals surface area contributed by atoms with Gasteiger partial charge in [0, 0.05) is 55.3 Å². The van der Waals surface area contributed by atoms with Gasteiger partial charge in [-0.1, -0.05) is 18.2 Å². The summed E-state index contributed by atoms with van der Waals surface area (Å²) in [5.74, 6) is 2.57. The Bertz CT molecular complexity index is 1370. The average Bonchev–Trinajstić information content (AvgIpc) is 2.91. The van der Waals surface area contributed by atoms with Crippen LogP contribution in [0.15, 0.2) is 67.0 Å². The smallest absolute Gasteiger partial charge is 0.229 e. The molecule has 0 unspecified atom stereocenters. The van der Waals surface area contributed by atoms with E-state index in [4.69, 9.17) is 14.2 Å². The summed E-state index contributed by atoms with van der Waals surface area (Å²) in [5.41, 5.74) is 2.63. The highest BCUT2D eigenvalue weighted by Gasteiger charge is 2.36. The molecule has 9 heteroatoms. The van der Waals surface area contributed by atoms with Crippen molar-refractivity contribution in [2.24, 2.45) is 0 Å². The van der Waals surface area contributed by atoms with Gasteiger partial charge in [-0.2, -0.15) is 4.98 Å². The third-order valence-electron chi connectivity index (χ3n) is 6.86. The van der Waals surface area contributed by atoms with Gasteiger partial charge in [-0.3, -0.25) is 9.88 Å². The van der Waals surface area contributed by atoms with Gasteiger partial charge in [0.25, 0.3) is 0 Å². The molecular weight excluding hydrogens is 468 g/mol. The van der Waals surface area contributed by atoms with Crippen LogP contribution in [0.4, 0.5) is 23.1 Å². The number of hydrogen-bond acceptors (Lipinski definition) is 9. The van der Waals surface area contributed by atoms with Crippen molar-refractivity contribution in [3.63, 3.8) is 0 Å². The molecule has 2 fully saturated rings. The number of fused-ring (bicyclic) bond motifs is 1. The Morgan fingerprint density at radius 3 is 2.65 bits per heavy atom. The lowest BCUT2D eigenvalue weighted by Crippen LogP contribution is -2.52. The maximum atomic E-state index is 6.26. The van der Waals surface area contributed by atoms with Gasteiger partial charge in [0.05, 0.1) is 37.7 Å². The van der Waals surface area contributed by atoms with Gasteiger partial charge in [0.2, 0.25) is 5.95 Å². The number of anilines is 4. The van der Waals surface area contributed by atoms with Crippen LogP contribution in [0.1, 0.15) is 12.8 Å². The Kier molecular flexibility index (Phi) is 6.70. The normalized spacial score (nSPS) is 19.7. The van der Waals surface area contributed by atoms with Crippen LogP contribution in [0.2, 0.25) is 0 Å². The Hall–Kier alpha value is -3.95. The Balaban J connectivity index is 1.09. The van der Waals surface area contributed by atoms with Gasteiger partial charge in [-0.25, -0.2) is 4.98 Å². The van der Waals surface area contributed by atoms with E-state index in [-0.39, 0.29) is 6.10 Å². The van der Waals surface area contributed by atoms with E-state index in [2.05, 4.69) is 30.5 Å². The van der Waals surface area contributed by atoms with Crippen molar-refractivity contribution in [3.8, 4) is 11.5 Å². The molecule has 2 N–H and O–H groups in total. The highest BCUT2D eigenvalue weighted by molar-refractivity contribution is 5.82. The molecule has 2 aromatic heterocycles. The van der Waals surface area contributed by atoms with Crippen molar-refractivity contribution >= 4 is 34.0 Å². The fourth-order valence-corrected chi connectivity index (χ4v) is 4.80. The number of morpholine rings is 1. The van der Waals surface area contributed by atoms with Crippen LogP contribution in [-0.4, -0.2) is 65.4 Å². The minimum absolute atomic E-state index is 0.205. The van der Waals surface area contributed by atoms with E-state index < -0.39 is 0 Å². The maximum absolute atomic E-state index is 6.26. The lowest BCUT2D eigenvalue weighted by atomic mass is 9.87. The minimum Gasteiger partial charge on any atom is -0.493 e. The number of pyridine rings is 1. The molecule has 0 spiro atoms. The van der Waals surface area contributed by atoms with Crippen molar-refractivity contribution in [3.05, 3.63) is 67.0 Å². The number of hydrogen-bond donors (Lipinski definition) is 2. The molecular formula is C28H30N6O3. The molecule has 190 valence electrons. The van der Waals surface area contributed by atoms with E-state index in [1.54, 1.807) is 19.5 Å². The average molecular weight is 499 g/mol. The SMILES string of the molecule is COc1cc(Nc2nccc(Nc3cnc4ccccc4c3)n2)ccc1OC1CC(N2CCOCC2)C1. The Morgan fingerprint density at radius 1 is 0.919 bits per heavy atom. The van der Waals surface area contributed by atoms with Crippen LogP contribution in [0.25, 0.3) is 10.9 Å². The first-order valence-electron chi connectivity index (χ1n) is 12.6. The number of nitrogens with zero attached hydrogens (tertiary/aromatic N) is 4. The van der Waals surface area contributed by atoms with Crippen LogP contribution < -0.4 is 20.1 Å². The Morgan fingerprint density at radius 2 is 1.78 bits per heavy atom. The second-order valence-corrected chi connectivity index (χ2v) is 9.31. The largest absolute Gasteiger partial charge is 0.493 e. The zero-order chi connectivity index (χ0) is 25.0. The molecule has 3 heterocycles. The summed E-state index contributed by atoms with van der Waals surface area (Å²) < 4.78 is 17.3. The van der Waals surface area contributed by atoms with Crippen LogP contribution >= 0.6 is 0 Å². The molecule has 6 rings (SSSR count). The molecule has 1 saturated heterocycles. The maximum Gasteiger partial charge on any atom is 0.229 e. The minimum atomic E-state index is 0.205. The number of methoxy groups -OCH3 is 1. The van der Waals surface area contributed by atoms with E-state index >= 15 is 0 Å². The second kappa shape index (κ2) is 10.6. The zero-order valence-electron chi connectivity index (χ0n) is 20.8. The molecule has 0 radical (unpaired) electrons. The van der Waals surface area contributed by atoms with Crippen molar-refractivity contribution in [2.75, 3.05) is 44.0 Å². The molecule has 1 saturated carbocycles. The third kappa shape index (κ3) is 5.42. The number of rotatable bonds is 8. The first-order chi connectivity index (χ1) is 18.2. The predicted molar refractivity (Wildman–Crippen MR) is 143 cm³/mol. The van der Waals surface area contributed by atoms with Gasteiger partial charge in [-0.15, -0.1) is 0 Å². The van der Waals surface area contributed by atoms with Crippen LogP contribution in [-0.2, 0) is 4.74 Å². The fraction of sp³-hybridized carbons (Fsp3) is 0.321. The predicted octanol–water partition coefficient (Wildman–Crippen LogP) is 4.76. The van der Waals surface area contributed by atoms with Crippen molar-refractivity contribution in [1.82, 2.24) is 19.9 Å². The molecule has 9 nitrogen and oxygen atoms in total. The molecule has 37 heavy (non-hydrogen) atoms. The van der Waals surface area contributed by atoms with Gasteiger partial charge < -0.3 is 24.8 Å². The molecule has 4 aromatic rings. The topological polar surface area (TPSA) is 93.7 Å². The highest BCUT2D eigenvalue weighted by Crippen LogP contribution is 2.36. The Labute approximate surface area is 215 Å². The summed E-state index contributed by atoms with van der Waals surface area (Å²) in [6, 6.07) is 18.3. The van der Waals surface area contributed by atoms with Crippen LogP contribution in [0, 0.1) is 0 Å². The monoisotopic (exact) mass is 498 g/mol. The number of benzene rings is 2. The van der Waals surface area contributed by atoms with E-state index in [0.717, 1.165) is 67.2 Å². The van der Waals surface area contributed by atoms with Crippen LogP contribution in [0.3, 0.4) is 0 Å². The summed E-state index contributed by atoms with van der Waals surface area (Å²) in [4.78, 5) is 16.0. The lowest BCUT2D eigenvalue weighted by molar-refractivity contribution is -0.0378. The van der Waals surface area contributed by atoms with Crippen molar-refractivity contribution in [2.45, 2.75) is 25.0 Å². The molecule has 2 aliphatic rings. The molecule has 0 bridgehead atoms. The fourth-order valence-electron chi connectivity index (χ4n) is 4.80. The standard InChI is InChI=1S/C28H30N6O3/c1-35-26-15-20(6-7-25(26)37-23-16-22(17-23)34-10-12-36-13-11-34)32-28-29-9-8-27(33-28)31-21-14-19-4-2-3-5-24(19)30-18-21/h2-9,14-15,18,22-23H,10-13,16-17H2,1H3,(H2,29,31,32,33). The van der Waals surface area contributed by atoms with Gasteiger partial charge in [0.1, 0.15) is 11.9 Å². The molecule has 1 aliphatic carbocycles. The van der Waals surface area contributed by atoms with E-state index in [1.807, 2.05) is 54.6 Å². The lowest BCUT2D eigenvalue weighted by Gasteiger charge is -2.44. The molecule has 0 atom stereocenters. The van der Waals surface area contributed by atoms with Gasteiger partial charge in [-0.05, 0) is 30.3 Å².